The molecule has 4 rings (SSSR count). The van der Waals surface area contributed by atoms with E-state index in [1.165, 1.54) is 4.68 Å². The molecule has 1 amide bonds. The number of nitrogens with one attached hydrogen (secondary N) is 1. The van der Waals surface area contributed by atoms with Crippen molar-refractivity contribution in [3.63, 3.8) is 0 Å². The molecule has 1 aliphatic carbocycles. The predicted molar refractivity (Wildman–Crippen MR) is 92.8 cm³/mol. The van der Waals surface area contributed by atoms with Gasteiger partial charge < -0.3 is 9.88 Å². The Morgan fingerprint density at radius 3 is 2.88 bits per heavy atom. The highest BCUT2D eigenvalue weighted by atomic mass is 16.2. The van der Waals surface area contributed by atoms with Gasteiger partial charge in [0.05, 0.1) is 17.6 Å². The number of fused-ring (bicyclic) bond motifs is 1. The monoisotopic (exact) mass is 337 g/mol. The lowest BCUT2D eigenvalue weighted by Crippen LogP contribution is -2.37. The molecule has 1 aliphatic rings. The molecule has 2 heterocycles. The van der Waals surface area contributed by atoms with E-state index in [9.17, 15) is 9.59 Å². The number of aromatic nitrogens is 4. The van der Waals surface area contributed by atoms with Crippen LogP contribution in [0.25, 0.3) is 10.8 Å². The summed E-state index contributed by atoms with van der Waals surface area (Å²) < 4.78 is 3.13. The number of rotatable bonds is 5. The Morgan fingerprint density at radius 1 is 1.36 bits per heavy atom. The van der Waals surface area contributed by atoms with E-state index in [-0.39, 0.29) is 24.1 Å². The molecule has 0 radical (unpaired) electrons. The van der Waals surface area contributed by atoms with Crippen LogP contribution in [-0.4, -0.2) is 25.2 Å². The lowest BCUT2D eigenvalue weighted by molar-refractivity contribution is -0.122. The van der Waals surface area contributed by atoms with Gasteiger partial charge in [0, 0.05) is 24.8 Å². The Morgan fingerprint density at radius 2 is 2.16 bits per heavy atom. The summed E-state index contributed by atoms with van der Waals surface area (Å²) >= 11 is 0. The van der Waals surface area contributed by atoms with E-state index in [1.54, 1.807) is 24.5 Å². The van der Waals surface area contributed by atoms with Gasteiger partial charge in [-0.15, -0.1) is 0 Å². The molecule has 1 aromatic carbocycles. The summed E-state index contributed by atoms with van der Waals surface area (Å²) in [5, 5.41) is 8.48. The molecule has 1 atom stereocenters. The molecule has 0 saturated heterocycles. The minimum Gasteiger partial charge on any atom is -0.344 e. The number of hydrogen-bond acceptors (Lipinski definition) is 4. The van der Waals surface area contributed by atoms with Crippen LogP contribution in [0.2, 0.25) is 0 Å². The lowest BCUT2D eigenvalue weighted by atomic mass is 10.1. The Balaban J connectivity index is 1.55. The van der Waals surface area contributed by atoms with Crippen molar-refractivity contribution in [1.29, 1.82) is 0 Å². The van der Waals surface area contributed by atoms with Gasteiger partial charge in [-0.05, 0) is 24.8 Å². The summed E-state index contributed by atoms with van der Waals surface area (Å²) in [4.78, 5) is 29.3. The van der Waals surface area contributed by atoms with Crippen molar-refractivity contribution in [2.24, 2.45) is 13.0 Å². The van der Waals surface area contributed by atoms with Crippen molar-refractivity contribution in [3.05, 3.63) is 59.0 Å². The van der Waals surface area contributed by atoms with Crippen LogP contribution in [0.5, 0.6) is 0 Å². The topological polar surface area (TPSA) is 81.8 Å². The Hall–Kier alpha value is -2.96. The number of nitrogens with zero attached hydrogens (tertiary/aromatic N) is 4. The SMILES string of the molecule is Cn1ccnc1[C@@H](NC(=O)Cn1ncc2ccccc2c1=O)C1CC1. The van der Waals surface area contributed by atoms with Crippen LogP contribution in [0.3, 0.4) is 0 Å². The fourth-order valence-corrected chi connectivity index (χ4v) is 3.10. The van der Waals surface area contributed by atoms with Gasteiger partial charge in [0.1, 0.15) is 12.4 Å². The third-order valence-corrected chi connectivity index (χ3v) is 4.60. The minimum absolute atomic E-state index is 0.0999. The highest BCUT2D eigenvalue weighted by Gasteiger charge is 2.35. The summed E-state index contributed by atoms with van der Waals surface area (Å²) in [7, 11) is 1.92. The zero-order valence-corrected chi connectivity index (χ0v) is 13.9. The highest BCUT2D eigenvalue weighted by Crippen LogP contribution is 2.40. The maximum atomic E-state index is 12.5. The summed E-state index contributed by atoms with van der Waals surface area (Å²) in [6, 6.07) is 7.11. The molecule has 0 spiro atoms. The van der Waals surface area contributed by atoms with Gasteiger partial charge in [-0.3, -0.25) is 9.59 Å². The van der Waals surface area contributed by atoms with Gasteiger partial charge in [0.15, 0.2) is 0 Å². The van der Waals surface area contributed by atoms with Crippen LogP contribution in [0.1, 0.15) is 24.7 Å². The number of benzene rings is 1. The van der Waals surface area contributed by atoms with E-state index in [1.807, 2.05) is 29.9 Å². The largest absolute Gasteiger partial charge is 0.344 e. The van der Waals surface area contributed by atoms with Crippen LogP contribution in [0.4, 0.5) is 0 Å². The maximum absolute atomic E-state index is 12.5. The van der Waals surface area contributed by atoms with Crippen molar-refractivity contribution in [2.45, 2.75) is 25.4 Å². The third kappa shape index (κ3) is 3.05. The van der Waals surface area contributed by atoms with Gasteiger partial charge >= 0.3 is 0 Å². The molecule has 0 aliphatic heterocycles. The molecule has 0 bridgehead atoms. The molecular weight excluding hydrogens is 318 g/mol. The highest BCUT2D eigenvalue weighted by molar-refractivity contribution is 5.81. The van der Waals surface area contributed by atoms with E-state index < -0.39 is 0 Å². The number of amides is 1. The number of aryl methyl sites for hydroxylation is 1. The first kappa shape index (κ1) is 15.6. The molecule has 25 heavy (non-hydrogen) atoms. The molecule has 7 heteroatoms. The number of carbonyl (C=O) groups is 1. The van der Waals surface area contributed by atoms with Crippen LogP contribution < -0.4 is 10.9 Å². The maximum Gasteiger partial charge on any atom is 0.275 e. The number of hydrogen-bond donors (Lipinski definition) is 1. The Kier molecular flexibility index (Phi) is 3.83. The Labute approximate surface area is 144 Å². The van der Waals surface area contributed by atoms with Crippen molar-refractivity contribution in [2.75, 3.05) is 0 Å². The lowest BCUT2D eigenvalue weighted by Gasteiger charge is -2.18. The predicted octanol–water partition coefficient (Wildman–Crippen LogP) is 1.40. The smallest absolute Gasteiger partial charge is 0.275 e. The first-order valence-corrected chi connectivity index (χ1v) is 8.35. The van der Waals surface area contributed by atoms with E-state index in [0.29, 0.717) is 11.3 Å². The second-order valence-corrected chi connectivity index (χ2v) is 6.47. The summed E-state index contributed by atoms with van der Waals surface area (Å²) in [6.45, 7) is -0.0999. The minimum atomic E-state index is -0.256. The van der Waals surface area contributed by atoms with Gasteiger partial charge in [-0.25, -0.2) is 9.67 Å². The molecule has 0 unspecified atom stereocenters. The van der Waals surface area contributed by atoms with Gasteiger partial charge in [0.25, 0.3) is 5.56 Å². The fraction of sp³-hybridized carbons (Fsp3) is 0.333. The third-order valence-electron chi connectivity index (χ3n) is 4.60. The van der Waals surface area contributed by atoms with Crippen molar-refractivity contribution in [1.82, 2.24) is 24.6 Å². The second-order valence-electron chi connectivity index (χ2n) is 6.47. The van der Waals surface area contributed by atoms with E-state index in [4.69, 9.17) is 0 Å². The van der Waals surface area contributed by atoms with Crippen molar-refractivity contribution >= 4 is 16.7 Å². The number of carbonyl (C=O) groups excluding carboxylic acids is 1. The molecule has 7 nitrogen and oxygen atoms in total. The van der Waals surface area contributed by atoms with Crippen LogP contribution in [0.15, 0.2) is 47.7 Å². The van der Waals surface area contributed by atoms with E-state index >= 15 is 0 Å². The van der Waals surface area contributed by atoms with E-state index in [0.717, 1.165) is 24.1 Å². The molecule has 1 saturated carbocycles. The van der Waals surface area contributed by atoms with Gasteiger partial charge in [0.2, 0.25) is 5.91 Å². The standard InChI is InChI=1S/C18H19N5O2/c1-22-9-8-19-17(22)16(12-6-7-12)21-15(24)11-23-18(25)14-5-3-2-4-13(14)10-20-23/h2-5,8-10,12,16H,6-7,11H2,1H3,(H,21,24)/t16-/m0/s1. The average molecular weight is 337 g/mol. The number of imidazole rings is 1. The molecule has 2 aromatic heterocycles. The first-order chi connectivity index (χ1) is 12.1. The summed E-state index contributed by atoms with van der Waals surface area (Å²) in [5.41, 5.74) is -0.256. The van der Waals surface area contributed by atoms with Gasteiger partial charge in [-0.1, -0.05) is 18.2 Å². The summed E-state index contributed by atoms with van der Waals surface area (Å²) in [6.07, 6.45) is 7.36. The zero-order valence-electron chi connectivity index (χ0n) is 13.9. The fourth-order valence-electron chi connectivity index (χ4n) is 3.10. The second kappa shape index (κ2) is 6.16. The molecule has 128 valence electrons. The zero-order chi connectivity index (χ0) is 17.4. The van der Waals surface area contributed by atoms with Crippen LogP contribution >= 0.6 is 0 Å². The van der Waals surface area contributed by atoms with Crippen LogP contribution in [-0.2, 0) is 18.4 Å². The quantitative estimate of drug-likeness (QED) is 0.763. The Bertz CT molecular complexity index is 986. The van der Waals surface area contributed by atoms with Gasteiger partial charge in [-0.2, -0.15) is 5.10 Å². The molecular formula is C18H19N5O2. The molecule has 1 N–H and O–H groups in total. The van der Waals surface area contributed by atoms with Crippen LogP contribution in [0, 0.1) is 5.92 Å². The van der Waals surface area contributed by atoms with Crippen molar-refractivity contribution in [3.8, 4) is 0 Å². The van der Waals surface area contributed by atoms with Crippen molar-refractivity contribution < 1.29 is 4.79 Å². The summed E-state index contributed by atoms with van der Waals surface area (Å²) in [5.74, 6) is 1.02. The molecule has 1 fully saturated rings. The van der Waals surface area contributed by atoms with E-state index in [2.05, 4.69) is 15.4 Å². The average Bonchev–Trinajstić information content (AvgIpc) is 3.37. The normalized spacial score (nSPS) is 15.2. The first-order valence-electron chi connectivity index (χ1n) is 8.35. The molecule has 3 aromatic rings.